The number of thioether (sulfide) groups is 1. The van der Waals surface area contributed by atoms with Crippen molar-refractivity contribution in [3.63, 3.8) is 0 Å². The van der Waals surface area contributed by atoms with E-state index >= 15 is 0 Å². The summed E-state index contributed by atoms with van der Waals surface area (Å²) in [6.45, 7) is 2.50. The van der Waals surface area contributed by atoms with Crippen molar-refractivity contribution in [3.05, 3.63) is 23.9 Å². The van der Waals surface area contributed by atoms with E-state index in [1.165, 1.54) is 31.0 Å². The Balaban J connectivity index is 1.37. The van der Waals surface area contributed by atoms with Gasteiger partial charge in [-0.15, -0.1) is 0 Å². The first-order chi connectivity index (χ1) is 12.1. The molecule has 0 aliphatic heterocycles. The summed E-state index contributed by atoms with van der Waals surface area (Å²) in [6, 6.07) is 3.64. The molecule has 0 radical (unpaired) electrons. The molecule has 0 saturated heterocycles. The normalized spacial score (nSPS) is 32.6. The number of pyridine rings is 1. The first kappa shape index (κ1) is 17.1. The number of rotatable bonds is 6. The SMILES string of the molecule is CCNC(=O)c1ccc(SCC(=O)C23CC4CC(CC(C4)C2)C3)nc1. The number of amides is 1. The van der Waals surface area contributed by atoms with Crippen molar-refractivity contribution >= 4 is 23.5 Å². The van der Waals surface area contributed by atoms with E-state index < -0.39 is 0 Å². The van der Waals surface area contributed by atoms with Crippen LogP contribution in [0.4, 0.5) is 0 Å². The zero-order valence-corrected chi connectivity index (χ0v) is 15.6. The van der Waals surface area contributed by atoms with Gasteiger partial charge in [-0.25, -0.2) is 4.98 Å². The Morgan fingerprint density at radius 1 is 1.16 bits per heavy atom. The van der Waals surface area contributed by atoms with Gasteiger partial charge >= 0.3 is 0 Å². The standard InChI is InChI=1S/C20H26N2O2S/c1-2-21-19(24)16-3-4-18(22-11-16)25-12-17(23)20-8-13-5-14(9-20)7-15(6-13)10-20/h3-4,11,13-15H,2,5-10,12H2,1H3,(H,21,24). The molecule has 1 heterocycles. The number of Topliss-reactive ketones (excluding diaryl/α,β-unsaturated/α-hetero) is 1. The van der Waals surface area contributed by atoms with Gasteiger partial charge in [0.05, 0.1) is 16.3 Å². The molecule has 0 aromatic carbocycles. The molecule has 4 saturated carbocycles. The molecule has 5 heteroatoms. The molecule has 0 spiro atoms. The second kappa shape index (κ2) is 6.75. The molecule has 1 N–H and O–H groups in total. The molecule has 0 unspecified atom stereocenters. The Hall–Kier alpha value is -1.36. The van der Waals surface area contributed by atoms with Crippen molar-refractivity contribution in [1.82, 2.24) is 10.3 Å². The lowest BCUT2D eigenvalue weighted by atomic mass is 9.48. The van der Waals surface area contributed by atoms with Crippen LogP contribution in [-0.2, 0) is 4.79 Å². The maximum Gasteiger partial charge on any atom is 0.252 e. The Morgan fingerprint density at radius 2 is 1.80 bits per heavy atom. The summed E-state index contributed by atoms with van der Waals surface area (Å²) in [6.07, 6.45) is 9.07. The average molecular weight is 359 g/mol. The van der Waals surface area contributed by atoms with Gasteiger partial charge < -0.3 is 5.32 Å². The van der Waals surface area contributed by atoms with E-state index in [-0.39, 0.29) is 11.3 Å². The van der Waals surface area contributed by atoms with Crippen LogP contribution in [0.25, 0.3) is 0 Å². The maximum atomic E-state index is 13.0. The van der Waals surface area contributed by atoms with Crippen LogP contribution in [0.2, 0.25) is 0 Å². The maximum absolute atomic E-state index is 13.0. The molecule has 25 heavy (non-hydrogen) atoms. The number of aromatic nitrogens is 1. The highest BCUT2D eigenvalue weighted by Crippen LogP contribution is 2.60. The molecule has 0 atom stereocenters. The third-order valence-corrected chi connectivity index (χ3v) is 7.26. The van der Waals surface area contributed by atoms with Crippen LogP contribution in [0.1, 0.15) is 55.8 Å². The van der Waals surface area contributed by atoms with Crippen LogP contribution in [0, 0.1) is 23.2 Å². The Morgan fingerprint density at radius 3 is 2.32 bits per heavy atom. The van der Waals surface area contributed by atoms with Crippen molar-refractivity contribution in [2.24, 2.45) is 23.2 Å². The van der Waals surface area contributed by atoms with E-state index in [2.05, 4.69) is 10.3 Å². The predicted octanol–water partition coefficient (Wildman–Crippen LogP) is 3.71. The van der Waals surface area contributed by atoms with E-state index in [9.17, 15) is 9.59 Å². The van der Waals surface area contributed by atoms with Gasteiger partial charge in [-0.2, -0.15) is 0 Å². The first-order valence-electron chi connectivity index (χ1n) is 9.48. The Kier molecular flexibility index (Phi) is 4.61. The van der Waals surface area contributed by atoms with Crippen LogP contribution >= 0.6 is 11.8 Å². The van der Waals surface area contributed by atoms with Gasteiger partial charge in [0.15, 0.2) is 0 Å². The summed E-state index contributed by atoms with van der Waals surface area (Å²) < 4.78 is 0. The van der Waals surface area contributed by atoms with Crippen molar-refractivity contribution in [1.29, 1.82) is 0 Å². The van der Waals surface area contributed by atoms with Gasteiger partial charge in [0.25, 0.3) is 5.91 Å². The van der Waals surface area contributed by atoms with Gasteiger partial charge in [0.2, 0.25) is 0 Å². The summed E-state index contributed by atoms with van der Waals surface area (Å²) in [7, 11) is 0. The van der Waals surface area contributed by atoms with Crippen LogP contribution in [0.15, 0.2) is 23.4 Å². The smallest absolute Gasteiger partial charge is 0.252 e. The molecule has 1 amide bonds. The van der Waals surface area contributed by atoms with E-state index in [0.717, 1.165) is 42.0 Å². The third kappa shape index (κ3) is 3.35. The summed E-state index contributed by atoms with van der Waals surface area (Å²) in [5, 5.41) is 3.59. The lowest BCUT2D eigenvalue weighted by Gasteiger charge is -2.56. The van der Waals surface area contributed by atoms with E-state index in [0.29, 0.717) is 23.6 Å². The molecule has 4 nitrogen and oxygen atoms in total. The molecule has 1 aromatic heterocycles. The number of carbonyl (C=O) groups is 2. The second-order valence-electron chi connectivity index (χ2n) is 8.15. The summed E-state index contributed by atoms with van der Waals surface area (Å²) in [4.78, 5) is 29.1. The molecule has 4 bridgehead atoms. The minimum absolute atomic E-state index is 0.0251. The number of nitrogens with zero attached hydrogens (tertiary/aromatic N) is 1. The monoisotopic (exact) mass is 358 g/mol. The van der Waals surface area contributed by atoms with Gasteiger partial charge in [-0.1, -0.05) is 11.8 Å². The third-order valence-electron chi connectivity index (χ3n) is 6.32. The van der Waals surface area contributed by atoms with Crippen molar-refractivity contribution in [2.45, 2.75) is 50.5 Å². The second-order valence-corrected chi connectivity index (χ2v) is 9.15. The molecule has 4 fully saturated rings. The Bertz CT molecular complexity index is 635. The Labute approximate surface area is 153 Å². The van der Waals surface area contributed by atoms with Gasteiger partial charge in [0, 0.05) is 18.2 Å². The van der Waals surface area contributed by atoms with E-state index in [1.54, 1.807) is 12.3 Å². The minimum atomic E-state index is -0.101. The molecule has 4 aliphatic carbocycles. The molecular weight excluding hydrogens is 332 g/mol. The highest BCUT2D eigenvalue weighted by Gasteiger charge is 2.53. The molecular formula is C20H26N2O2S. The number of ketones is 1. The lowest BCUT2D eigenvalue weighted by molar-refractivity contribution is -0.141. The van der Waals surface area contributed by atoms with E-state index in [1.807, 2.05) is 13.0 Å². The van der Waals surface area contributed by atoms with Crippen LogP contribution in [0.5, 0.6) is 0 Å². The average Bonchev–Trinajstić information content (AvgIpc) is 2.59. The highest BCUT2D eigenvalue weighted by atomic mass is 32.2. The zero-order valence-electron chi connectivity index (χ0n) is 14.8. The highest BCUT2D eigenvalue weighted by molar-refractivity contribution is 7.99. The van der Waals surface area contributed by atoms with Crippen molar-refractivity contribution < 1.29 is 9.59 Å². The topological polar surface area (TPSA) is 59.1 Å². The predicted molar refractivity (Wildman–Crippen MR) is 98.6 cm³/mol. The summed E-state index contributed by atoms with van der Waals surface area (Å²) in [5.41, 5.74) is 0.543. The fourth-order valence-electron chi connectivity index (χ4n) is 5.61. The first-order valence-corrected chi connectivity index (χ1v) is 10.5. The fraction of sp³-hybridized carbons (Fsp3) is 0.650. The van der Waals surface area contributed by atoms with Gasteiger partial charge in [-0.3, -0.25) is 9.59 Å². The molecule has 5 rings (SSSR count). The number of hydrogen-bond acceptors (Lipinski definition) is 4. The largest absolute Gasteiger partial charge is 0.352 e. The van der Waals surface area contributed by atoms with Crippen LogP contribution in [-0.4, -0.2) is 29.0 Å². The molecule has 4 aliphatic rings. The van der Waals surface area contributed by atoms with Crippen molar-refractivity contribution in [2.75, 3.05) is 12.3 Å². The van der Waals surface area contributed by atoms with Crippen LogP contribution < -0.4 is 5.32 Å². The lowest BCUT2D eigenvalue weighted by Crippen LogP contribution is -2.50. The summed E-state index contributed by atoms with van der Waals surface area (Å²) in [5.74, 6) is 3.25. The zero-order chi connectivity index (χ0) is 17.4. The fourth-order valence-corrected chi connectivity index (χ4v) is 6.48. The van der Waals surface area contributed by atoms with Gasteiger partial charge in [0.1, 0.15) is 5.78 Å². The quantitative estimate of drug-likeness (QED) is 0.788. The number of carbonyl (C=O) groups excluding carboxylic acids is 2. The van der Waals surface area contributed by atoms with Crippen LogP contribution in [0.3, 0.4) is 0 Å². The minimum Gasteiger partial charge on any atom is -0.352 e. The number of hydrogen-bond donors (Lipinski definition) is 1. The van der Waals surface area contributed by atoms with Gasteiger partial charge in [-0.05, 0) is 75.3 Å². The molecule has 134 valence electrons. The summed E-state index contributed by atoms with van der Waals surface area (Å²) >= 11 is 1.52. The van der Waals surface area contributed by atoms with Crippen molar-refractivity contribution in [3.8, 4) is 0 Å². The van der Waals surface area contributed by atoms with E-state index in [4.69, 9.17) is 0 Å². The number of nitrogens with one attached hydrogen (secondary N) is 1. The molecule has 1 aromatic rings.